The van der Waals surface area contributed by atoms with Gasteiger partial charge in [-0.15, -0.1) is 0 Å². The number of carbonyl (C=O) groups is 2. The molecular weight excluding hydrogens is 342 g/mol. The zero-order chi connectivity index (χ0) is 19.0. The van der Waals surface area contributed by atoms with Crippen molar-refractivity contribution in [2.75, 3.05) is 19.6 Å². The fourth-order valence-corrected chi connectivity index (χ4v) is 4.58. The topological polar surface area (TPSA) is 73.5 Å². The molecule has 3 atom stereocenters. The van der Waals surface area contributed by atoms with Gasteiger partial charge in [0.2, 0.25) is 11.5 Å². The molecule has 0 saturated carbocycles. The maximum absolute atomic E-state index is 12.9. The van der Waals surface area contributed by atoms with Crippen molar-refractivity contribution in [1.29, 1.82) is 0 Å². The average Bonchev–Trinajstić information content (AvgIpc) is 3.07. The maximum atomic E-state index is 12.9. The third-order valence-electron chi connectivity index (χ3n) is 5.85. The summed E-state index contributed by atoms with van der Waals surface area (Å²) in [5, 5.41) is 0. The number of amides is 2. The fourth-order valence-electron chi connectivity index (χ4n) is 4.58. The van der Waals surface area contributed by atoms with Gasteiger partial charge in [-0.2, -0.15) is 0 Å². The summed E-state index contributed by atoms with van der Waals surface area (Å²) < 4.78 is 0. The van der Waals surface area contributed by atoms with Crippen molar-refractivity contribution in [3.63, 3.8) is 0 Å². The van der Waals surface area contributed by atoms with Crippen LogP contribution < -0.4 is 5.56 Å². The van der Waals surface area contributed by atoms with Crippen molar-refractivity contribution in [1.82, 2.24) is 14.8 Å². The normalized spacial score (nSPS) is 24.6. The molecule has 0 unspecified atom stereocenters. The Balaban J connectivity index is 1.61. The van der Waals surface area contributed by atoms with E-state index in [1.54, 1.807) is 19.1 Å². The Hall–Kier alpha value is -2.89. The molecule has 0 spiro atoms. The van der Waals surface area contributed by atoms with Crippen molar-refractivity contribution in [2.45, 2.75) is 25.3 Å². The molecule has 2 aromatic rings. The van der Waals surface area contributed by atoms with Gasteiger partial charge >= 0.3 is 0 Å². The summed E-state index contributed by atoms with van der Waals surface area (Å²) in [4.78, 5) is 43.0. The van der Waals surface area contributed by atoms with Crippen molar-refractivity contribution < 1.29 is 9.59 Å². The van der Waals surface area contributed by atoms with Crippen LogP contribution >= 0.6 is 0 Å². The lowest BCUT2D eigenvalue weighted by Crippen LogP contribution is -2.49. The Labute approximate surface area is 157 Å². The first-order chi connectivity index (χ1) is 13.0. The number of hydrogen-bond donors (Lipinski definition) is 1. The standard InChI is InChI=1S/C21H23N3O3/c1-14(25)24-13-16(15-6-3-2-4-7-15)17-12-23(11-10-19(17)24)21(27)18-8-5-9-20(26)22-18/h2-9,16-17,19H,10-13H2,1H3,(H,22,26)/t16-,17-,19-/m1/s1. The minimum atomic E-state index is -0.276. The van der Waals surface area contributed by atoms with E-state index in [9.17, 15) is 14.4 Å². The first kappa shape index (κ1) is 17.5. The number of benzene rings is 1. The van der Waals surface area contributed by atoms with E-state index in [-0.39, 0.29) is 35.3 Å². The van der Waals surface area contributed by atoms with Crippen LogP contribution in [0.1, 0.15) is 35.3 Å². The zero-order valence-electron chi connectivity index (χ0n) is 15.3. The molecule has 27 heavy (non-hydrogen) atoms. The van der Waals surface area contributed by atoms with Gasteiger partial charge in [-0.3, -0.25) is 14.4 Å². The van der Waals surface area contributed by atoms with Crippen LogP contribution in [0, 0.1) is 5.92 Å². The Morgan fingerprint density at radius 2 is 1.81 bits per heavy atom. The molecule has 0 bridgehead atoms. The predicted molar refractivity (Wildman–Crippen MR) is 101 cm³/mol. The lowest BCUT2D eigenvalue weighted by atomic mass is 9.81. The van der Waals surface area contributed by atoms with Gasteiger partial charge in [-0.25, -0.2) is 0 Å². The molecule has 2 aliphatic rings. The molecule has 6 nitrogen and oxygen atoms in total. The van der Waals surface area contributed by atoms with E-state index in [2.05, 4.69) is 17.1 Å². The Morgan fingerprint density at radius 3 is 2.52 bits per heavy atom. The minimum Gasteiger partial charge on any atom is -0.339 e. The highest BCUT2D eigenvalue weighted by molar-refractivity contribution is 5.92. The second-order valence-electron chi connectivity index (χ2n) is 7.39. The van der Waals surface area contributed by atoms with Gasteiger partial charge in [0.1, 0.15) is 5.69 Å². The third-order valence-corrected chi connectivity index (χ3v) is 5.85. The smallest absolute Gasteiger partial charge is 0.270 e. The number of likely N-dealkylation sites (tertiary alicyclic amines) is 2. The quantitative estimate of drug-likeness (QED) is 0.883. The van der Waals surface area contributed by atoms with Crippen LogP contribution in [-0.4, -0.2) is 52.3 Å². The second kappa shape index (κ2) is 7.02. The van der Waals surface area contributed by atoms with Crippen LogP contribution in [0.25, 0.3) is 0 Å². The van der Waals surface area contributed by atoms with Crippen molar-refractivity contribution in [3.05, 3.63) is 70.1 Å². The van der Waals surface area contributed by atoms with Gasteiger partial charge in [-0.1, -0.05) is 36.4 Å². The first-order valence-corrected chi connectivity index (χ1v) is 9.35. The molecule has 140 valence electrons. The van der Waals surface area contributed by atoms with Crippen molar-refractivity contribution in [3.8, 4) is 0 Å². The highest BCUT2D eigenvalue weighted by Crippen LogP contribution is 2.41. The molecular formula is C21H23N3O3. The van der Waals surface area contributed by atoms with E-state index in [4.69, 9.17) is 0 Å². The first-order valence-electron chi connectivity index (χ1n) is 9.35. The van der Waals surface area contributed by atoms with Gasteiger partial charge in [0.05, 0.1) is 0 Å². The fraction of sp³-hybridized carbons (Fsp3) is 0.381. The van der Waals surface area contributed by atoms with E-state index >= 15 is 0 Å². The van der Waals surface area contributed by atoms with E-state index in [0.717, 1.165) is 6.42 Å². The van der Waals surface area contributed by atoms with E-state index in [1.165, 1.54) is 11.6 Å². The van der Waals surface area contributed by atoms with Crippen LogP contribution in [0.15, 0.2) is 53.3 Å². The van der Waals surface area contributed by atoms with Crippen LogP contribution in [0.3, 0.4) is 0 Å². The molecule has 1 N–H and O–H groups in total. The lowest BCUT2D eigenvalue weighted by molar-refractivity contribution is -0.130. The largest absolute Gasteiger partial charge is 0.339 e. The van der Waals surface area contributed by atoms with Gasteiger partial charge < -0.3 is 14.8 Å². The summed E-state index contributed by atoms with van der Waals surface area (Å²) in [6.07, 6.45) is 0.760. The number of hydrogen-bond acceptors (Lipinski definition) is 3. The van der Waals surface area contributed by atoms with Crippen LogP contribution in [0.4, 0.5) is 0 Å². The van der Waals surface area contributed by atoms with Gasteiger partial charge in [-0.05, 0) is 18.1 Å². The van der Waals surface area contributed by atoms with Crippen LogP contribution in [0.2, 0.25) is 0 Å². The molecule has 0 radical (unpaired) electrons. The van der Waals surface area contributed by atoms with Gasteiger partial charge in [0, 0.05) is 50.5 Å². The SMILES string of the molecule is CC(=O)N1C[C@H](c2ccccc2)[C@H]2CN(C(=O)c3cccc(=O)[nH]3)CC[C@H]21. The van der Waals surface area contributed by atoms with E-state index in [1.807, 2.05) is 28.0 Å². The van der Waals surface area contributed by atoms with E-state index < -0.39 is 0 Å². The predicted octanol–water partition coefficient (Wildman–Crippen LogP) is 1.85. The molecule has 4 rings (SSSR count). The summed E-state index contributed by atoms with van der Waals surface area (Å²) in [5.41, 5.74) is 1.25. The number of carbonyl (C=O) groups excluding carboxylic acids is 2. The minimum absolute atomic E-state index is 0.0931. The highest BCUT2D eigenvalue weighted by Gasteiger charge is 2.46. The number of fused-ring (bicyclic) bond motifs is 1. The molecule has 1 aromatic heterocycles. The van der Waals surface area contributed by atoms with Crippen LogP contribution in [0.5, 0.6) is 0 Å². The highest BCUT2D eigenvalue weighted by atomic mass is 16.2. The number of piperidine rings is 1. The maximum Gasteiger partial charge on any atom is 0.270 e. The number of rotatable bonds is 2. The Morgan fingerprint density at radius 1 is 1.04 bits per heavy atom. The number of nitrogens with one attached hydrogen (secondary N) is 1. The number of aromatic amines is 1. The molecule has 2 saturated heterocycles. The Kier molecular flexibility index (Phi) is 4.56. The summed E-state index contributed by atoms with van der Waals surface area (Å²) >= 11 is 0. The lowest BCUT2D eigenvalue weighted by Gasteiger charge is -2.38. The summed E-state index contributed by atoms with van der Waals surface area (Å²) in [7, 11) is 0. The monoisotopic (exact) mass is 365 g/mol. The van der Waals surface area contributed by atoms with Gasteiger partial charge in [0.15, 0.2) is 0 Å². The molecule has 2 amide bonds. The molecule has 6 heteroatoms. The molecule has 2 aliphatic heterocycles. The Bertz CT molecular complexity index is 908. The second-order valence-corrected chi connectivity index (χ2v) is 7.39. The van der Waals surface area contributed by atoms with E-state index in [0.29, 0.717) is 25.3 Å². The molecule has 2 fully saturated rings. The number of aromatic nitrogens is 1. The van der Waals surface area contributed by atoms with Crippen LogP contribution in [-0.2, 0) is 4.79 Å². The van der Waals surface area contributed by atoms with Crippen molar-refractivity contribution in [2.24, 2.45) is 5.92 Å². The summed E-state index contributed by atoms with van der Waals surface area (Å²) in [6, 6.07) is 15.0. The molecule has 0 aliphatic carbocycles. The molecule has 1 aromatic carbocycles. The van der Waals surface area contributed by atoms with Gasteiger partial charge in [0.25, 0.3) is 5.91 Å². The third kappa shape index (κ3) is 3.27. The number of H-pyrrole nitrogens is 1. The summed E-state index contributed by atoms with van der Waals surface area (Å²) in [6.45, 7) is 3.49. The zero-order valence-corrected chi connectivity index (χ0v) is 15.3. The summed E-state index contributed by atoms with van der Waals surface area (Å²) in [5.74, 6) is 0.352. The number of nitrogens with zero attached hydrogens (tertiary/aromatic N) is 2. The average molecular weight is 365 g/mol. The van der Waals surface area contributed by atoms with Crippen molar-refractivity contribution >= 4 is 11.8 Å². The molecule has 3 heterocycles. The number of pyridine rings is 1.